The summed E-state index contributed by atoms with van der Waals surface area (Å²) in [4.78, 5) is 2.71. The van der Waals surface area contributed by atoms with E-state index >= 15 is 0 Å². The van der Waals surface area contributed by atoms with Crippen LogP contribution in [0.1, 0.15) is 38.5 Å². The van der Waals surface area contributed by atoms with Crippen LogP contribution >= 0.6 is 15.9 Å². The van der Waals surface area contributed by atoms with Crippen molar-refractivity contribution < 1.29 is 4.74 Å². The number of hydrogen-bond donors (Lipinski definition) is 0. The second kappa shape index (κ2) is 6.36. The molecule has 2 fully saturated rings. The van der Waals surface area contributed by atoms with Crippen molar-refractivity contribution in [1.82, 2.24) is 4.90 Å². The maximum absolute atomic E-state index is 5.52. The maximum Gasteiger partial charge on any atom is 0.0586 e. The van der Waals surface area contributed by atoms with E-state index in [1.807, 2.05) is 7.11 Å². The van der Waals surface area contributed by atoms with Crippen molar-refractivity contribution in [2.24, 2.45) is 5.92 Å². The smallest absolute Gasteiger partial charge is 0.0586 e. The zero-order valence-corrected chi connectivity index (χ0v) is 11.9. The van der Waals surface area contributed by atoms with Crippen LogP contribution in [0.25, 0.3) is 0 Å². The number of piperidine rings is 1. The van der Waals surface area contributed by atoms with Gasteiger partial charge >= 0.3 is 0 Å². The summed E-state index contributed by atoms with van der Waals surface area (Å²) in [6, 6.07) is 0.801. The Morgan fingerprint density at radius 2 is 1.94 bits per heavy atom. The highest BCUT2D eigenvalue weighted by Crippen LogP contribution is 2.28. The van der Waals surface area contributed by atoms with Gasteiger partial charge in [0.05, 0.1) is 6.10 Å². The number of alkyl halides is 1. The zero-order valence-electron chi connectivity index (χ0n) is 10.3. The van der Waals surface area contributed by atoms with Crippen LogP contribution in [0, 0.1) is 5.92 Å². The lowest BCUT2D eigenvalue weighted by atomic mass is 9.89. The minimum Gasteiger partial charge on any atom is -0.381 e. The zero-order chi connectivity index (χ0) is 11.4. The largest absolute Gasteiger partial charge is 0.381 e. The number of nitrogens with zero attached hydrogens (tertiary/aromatic N) is 1. The quantitative estimate of drug-likeness (QED) is 0.741. The van der Waals surface area contributed by atoms with Crippen LogP contribution in [0.5, 0.6) is 0 Å². The Bertz CT molecular complexity index is 204. The van der Waals surface area contributed by atoms with E-state index in [9.17, 15) is 0 Å². The van der Waals surface area contributed by atoms with Crippen LogP contribution in [0.2, 0.25) is 0 Å². The van der Waals surface area contributed by atoms with Crippen LogP contribution in [0.3, 0.4) is 0 Å². The molecule has 2 rings (SSSR count). The second-order valence-corrected chi connectivity index (χ2v) is 5.96. The lowest BCUT2D eigenvalue weighted by molar-refractivity contribution is 0.0189. The molecule has 1 heterocycles. The monoisotopic (exact) mass is 289 g/mol. The van der Waals surface area contributed by atoms with Crippen LogP contribution in [-0.4, -0.2) is 42.6 Å². The first-order chi connectivity index (χ1) is 7.83. The SMILES string of the molecule is COC1CCCC(N2CCC(CBr)CC2)C1. The van der Waals surface area contributed by atoms with Gasteiger partial charge in [-0.15, -0.1) is 0 Å². The number of halogens is 1. The Morgan fingerprint density at radius 1 is 1.19 bits per heavy atom. The van der Waals surface area contributed by atoms with Gasteiger partial charge in [0.25, 0.3) is 0 Å². The van der Waals surface area contributed by atoms with E-state index in [2.05, 4.69) is 20.8 Å². The molecule has 1 saturated carbocycles. The highest BCUT2D eigenvalue weighted by Gasteiger charge is 2.29. The van der Waals surface area contributed by atoms with Gasteiger partial charge in [0.15, 0.2) is 0 Å². The highest BCUT2D eigenvalue weighted by atomic mass is 79.9. The molecule has 16 heavy (non-hydrogen) atoms. The van der Waals surface area contributed by atoms with Gasteiger partial charge in [0.1, 0.15) is 0 Å². The van der Waals surface area contributed by atoms with Crippen LogP contribution < -0.4 is 0 Å². The second-order valence-electron chi connectivity index (χ2n) is 5.31. The Hall–Kier alpha value is 0.400. The van der Waals surface area contributed by atoms with Gasteiger partial charge in [-0.05, 0) is 57.5 Å². The minimum absolute atomic E-state index is 0.521. The molecule has 1 aliphatic heterocycles. The van der Waals surface area contributed by atoms with Gasteiger partial charge in [-0.1, -0.05) is 15.9 Å². The molecule has 0 aromatic carbocycles. The molecule has 1 saturated heterocycles. The first-order valence-corrected chi connectivity index (χ1v) is 7.78. The number of methoxy groups -OCH3 is 1. The minimum atomic E-state index is 0.521. The molecule has 0 bridgehead atoms. The van der Waals surface area contributed by atoms with Gasteiger partial charge in [0.2, 0.25) is 0 Å². The standard InChI is InChI=1S/C13H24BrNO/c1-16-13-4-2-3-12(9-13)15-7-5-11(10-14)6-8-15/h11-13H,2-10H2,1H3. The predicted octanol–water partition coefficient (Wildman–Crippen LogP) is 3.05. The van der Waals surface area contributed by atoms with Gasteiger partial charge in [-0.2, -0.15) is 0 Å². The van der Waals surface area contributed by atoms with Gasteiger partial charge in [-0.25, -0.2) is 0 Å². The van der Waals surface area contributed by atoms with Crippen molar-refractivity contribution in [3.05, 3.63) is 0 Å². The summed E-state index contributed by atoms with van der Waals surface area (Å²) >= 11 is 3.61. The normalized spacial score (nSPS) is 34.1. The lowest BCUT2D eigenvalue weighted by Gasteiger charge is -2.40. The van der Waals surface area contributed by atoms with Crippen LogP contribution in [-0.2, 0) is 4.74 Å². The van der Waals surface area contributed by atoms with Crippen LogP contribution in [0.15, 0.2) is 0 Å². The van der Waals surface area contributed by atoms with Crippen molar-refractivity contribution in [3.8, 4) is 0 Å². The van der Waals surface area contributed by atoms with Crippen molar-refractivity contribution in [1.29, 1.82) is 0 Å². The summed E-state index contributed by atoms with van der Waals surface area (Å²) in [6.07, 6.45) is 8.53. The van der Waals surface area contributed by atoms with E-state index in [0.29, 0.717) is 6.10 Å². The van der Waals surface area contributed by atoms with E-state index in [4.69, 9.17) is 4.74 Å². The van der Waals surface area contributed by atoms with Crippen molar-refractivity contribution in [3.63, 3.8) is 0 Å². The average Bonchev–Trinajstić information content (AvgIpc) is 2.39. The lowest BCUT2D eigenvalue weighted by Crippen LogP contribution is -2.45. The van der Waals surface area contributed by atoms with Gasteiger partial charge in [0, 0.05) is 18.5 Å². The molecule has 2 unspecified atom stereocenters. The Morgan fingerprint density at radius 3 is 2.56 bits per heavy atom. The third-order valence-electron chi connectivity index (χ3n) is 4.32. The van der Waals surface area contributed by atoms with E-state index in [1.165, 1.54) is 56.9 Å². The van der Waals surface area contributed by atoms with Gasteiger partial charge in [-0.3, -0.25) is 0 Å². The topological polar surface area (TPSA) is 12.5 Å². The Labute approximate surface area is 108 Å². The summed E-state index contributed by atoms with van der Waals surface area (Å²) in [6.45, 7) is 2.61. The molecule has 0 aromatic rings. The number of rotatable bonds is 3. The summed E-state index contributed by atoms with van der Waals surface area (Å²) in [5, 5.41) is 1.19. The molecule has 0 amide bonds. The predicted molar refractivity (Wildman–Crippen MR) is 71.1 cm³/mol. The third-order valence-corrected chi connectivity index (χ3v) is 5.23. The number of ether oxygens (including phenoxy) is 1. The molecular weight excluding hydrogens is 266 g/mol. The molecule has 1 aliphatic carbocycles. The van der Waals surface area contributed by atoms with E-state index in [0.717, 1.165) is 12.0 Å². The Kier molecular flexibility index (Phi) is 5.11. The number of likely N-dealkylation sites (tertiary alicyclic amines) is 1. The van der Waals surface area contributed by atoms with E-state index < -0.39 is 0 Å². The van der Waals surface area contributed by atoms with E-state index in [-0.39, 0.29) is 0 Å². The summed E-state index contributed by atoms with van der Waals surface area (Å²) in [7, 11) is 1.87. The molecular formula is C13H24BrNO. The molecule has 0 spiro atoms. The molecule has 2 atom stereocenters. The van der Waals surface area contributed by atoms with Gasteiger partial charge < -0.3 is 9.64 Å². The average molecular weight is 290 g/mol. The fraction of sp³-hybridized carbons (Fsp3) is 1.00. The fourth-order valence-corrected chi connectivity index (χ4v) is 3.79. The fourth-order valence-electron chi connectivity index (χ4n) is 3.14. The van der Waals surface area contributed by atoms with E-state index in [1.54, 1.807) is 0 Å². The summed E-state index contributed by atoms with van der Waals surface area (Å²) in [5.74, 6) is 0.915. The molecule has 0 radical (unpaired) electrons. The first kappa shape index (κ1) is 12.8. The Balaban J connectivity index is 1.79. The molecule has 94 valence electrons. The first-order valence-electron chi connectivity index (χ1n) is 6.66. The maximum atomic E-state index is 5.52. The number of hydrogen-bond acceptors (Lipinski definition) is 2. The molecule has 0 aromatic heterocycles. The highest BCUT2D eigenvalue weighted by molar-refractivity contribution is 9.09. The van der Waals surface area contributed by atoms with Crippen LogP contribution in [0.4, 0.5) is 0 Å². The molecule has 3 heteroatoms. The summed E-state index contributed by atoms with van der Waals surface area (Å²) < 4.78 is 5.52. The van der Waals surface area contributed by atoms with Crippen molar-refractivity contribution in [2.75, 3.05) is 25.5 Å². The summed E-state index contributed by atoms with van der Waals surface area (Å²) in [5.41, 5.74) is 0. The van der Waals surface area contributed by atoms with Crippen molar-refractivity contribution in [2.45, 2.75) is 50.7 Å². The third kappa shape index (κ3) is 3.21. The molecule has 2 nitrogen and oxygen atoms in total. The van der Waals surface area contributed by atoms with Crippen molar-refractivity contribution >= 4 is 15.9 Å². The molecule has 2 aliphatic rings. The molecule has 0 N–H and O–H groups in total.